The molecule has 1 nitrogen and oxygen atoms in total. The van der Waals surface area contributed by atoms with E-state index in [9.17, 15) is 0 Å². The summed E-state index contributed by atoms with van der Waals surface area (Å²) in [4.78, 5) is 0. The fourth-order valence-corrected chi connectivity index (χ4v) is 2.27. The number of benzene rings is 1. The maximum absolute atomic E-state index is 5.96. The second kappa shape index (κ2) is 4.95. The van der Waals surface area contributed by atoms with Gasteiger partial charge in [-0.25, -0.2) is 0 Å². The van der Waals surface area contributed by atoms with Gasteiger partial charge in [0.1, 0.15) is 0 Å². The Morgan fingerprint density at radius 1 is 1.25 bits per heavy atom. The van der Waals surface area contributed by atoms with E-state index < -0.39 is 0 Å². The van der Waals surface area contributed by atoms with E-state index >= 15 is 0 Å². The van der Waals surface area contributed by atoms with Crippen molar-refractivity contribution < 1.29 is 0 Å². The summed E-state index contributed by atoms with van der Waals surface area (Å²) in [5.74, 6) is 0. The Labute approximate surface area is 107 Å². The van der Waals surface area contributed by atoms with E-state index in [2.05, 4.69) is 12.2 Å². The molecule has 2 rings (SSSR count). The van der Waals surface area contributed by atoms with Gasteiger partial charge in [0.25, 0.3) is 0 Å². The maximum atomic E-state index is 5.96. The molecule has 1 N–H and O–H groups in total. The summed E-state index contributed by atoms with van der Waals surface area (Å²) in [6.07, 6.45) is 4.02. The van der Waals surface area contributed by atoms with E-state index in [1.54, 1.807) is 0 Å². The van der Waals surface area contributed by atoms with Crippen molar-refractivity contribution in [3.63, 3.8) is 0 Å². The molecule has 1 fully saturated rings. The molecular weight excluding hydrogens is 241 g/mol. The molecule has 1 aliphatic carbocycles. The lowest BCUT2D eigenvalue weighted by molar-refractivity contribution is 0.443. The van der Waals surface area contributed by atoms with Crippen LogP contribution in [0.2, 0.25) is 10.0 Å². The molecule has 1 aromatic carbocycles. The smallest absolute Gasteiger partial charge is 0.0595 e. The lowest BCUT2D eigenvalue weighted by Crippen LogP contribution is -2.23. The number of nitrogens with one attached hydrogen (secondary N) is 1. The molecule has 3 heteroatoms. The average molecular weight is 258 g/mol. The van der Waals surface area contributed by atoms with Gasteiger partial charge in [0.2, 0.25) is 0 Å². The highest BCUT2D eigenvalue weighted by atomic mass is 35.5. The first-order valence-corrected chi connectivity index (χ1v) is 6.55. The minimum atomic E-state index is 0.593. The molecule has 0 amide bonds. The standard InChI is InChI=1S/C13H17Cl2N/c1-2-13(5-6-13)9-16-8-10-3-4-11(14)12(15)7-10/h3-4,7,16H,2,5-6,8-9H2,1H3. The molecule has 0 bridgehead atoms. The zero-order chi connectivity index (χ0) is 11.6. The molecule has 16 heavy (non-hydrogen) atoms. The van der Waals surface area contributed by atoms with Gasteiger partial charge in [-0.2, -0.15) is 0 Å². The van der Waals surface area contributed by atoms with Crippen LogP contribution < -0.4 is 5.32 Å². The zero-order valence-corrected chi connectivity index (χ0v) is 11.0. The first-order valence-electron chi connectivity index (χ1n) is 5.80. The van der Waals surface area contributed by atoms with Gasteiger partial charge in [-0.05, 0) is 42.4 Å². The summed E-state index contributed by atoms with van der Waals surface area (Å²) in [7, 11) is 0. The highest BCUT2D eigenvalue weighted by Crippen LogP contribution is 2.47. The van der Waals surface area contributed by atoms with Crippen LogP contribution >= 0.6 is 23.2 Å². The fourth-order valence-electron chi connectivity index (χ4n) is 1.95. The predicted molar refractivity (Wildman–Crippen MR) is 70.1 cm³/mol. The third-order valence-electron chi connectivity index (χ3n) is 3.52. The quantitative estimate of drug-likeness (QED) is 0.831. The van der Waals surface area contributed by atoms with Crippen molar-refractivity contribution in [3.8, 4) is 0 Å². The van der Waals surface area contributed by atoms with Crippen molar-refractivity contribution in [2.75, 3.05) is 6.54 Å². The second-order valence-corrected chi connectivity index (χ2v) is 5.52. The average Bonchev–Trinajstić information content (AvgIpc) is 3.04. The lowest BCUT2D eigenvalue weighted by Gasteiger charge is -2.13. The monoisotopic (exact) mass is 257 g/mol. The molecular formula is C13H17Cl2N. The van der Waals surface area contributed by atoms with Gasteiger partial charge in [-0.3, -0.25) is 0 Å². The number of hydrogen-bond donors (Lipinski definition) is 1. The summed E-state index contributed by atoms with van der Waals surface area (Å²) in [6.45, 7) is 4.26. The Kier molecular flexibility index (Phi) is 3.78. The van der Waals surface area contributed by atoms with Crippen LogP contribution in [0.3, 0.4) is 0 Å². The third kappa shape index (κ3) is 2.91. The van der Waals surface area contributed by atoms with Crippen molar-refractivity contribution in [1.29, 1.82) is 0 Å². The van der Waals surface area contributed by atoms with E-state index in [4.69, 9.17) is 23.2 Å². The topological polar surface area (TPSA) is 12.0 Å². The van der Waals surface area contributed by atoms with Crippen LogP contribution in [0.1, 0.15) is 31.7 Å². The van der Waals surface area contributed by atoms with Crippen molar-refractivity contribution >= 4 is 23.2 Å². The van der Waals surface area contributed by atoms with Crippen LogP contribution in [0.25, 0.3) is 0 Å². The van der Waals surface area contributed by atoms with Crippen LogP contribution in [-0.2, 0) is 6.54 Å². The molecule has 1 aromatic rings. The molecule has 0 aliphatic heterocycles. The van der Waals surface area contributed by atoms with E-state index in [1.807, 2.05) is 18.2 Å². The van der Waals surface area contributed by atoms with Gasteiger partial charge >= 0.3 is 0 Å². The van der Waals surface area contributed by atoms with Gasteiger partial charge in [-0.1, -0.05) is 36.2 Å². The van der Waals surface area contributed by atoms with Gasteiger partial charge in [-0.15, -0.1) is 0 Å². The lowest BCUT2D eigenvalue weighted by atomic mass is 10.0. The first-order chi connectivity index (χ1) is 7.65. The summed E-state index contributed by atoms with van der Waals surface area (Å²) in [5.41, 5.74) is 1.79. The Hall–Kier alpha value is -0.240. The molecule has 0 unspecified atom stereocenters. The SMILES string of the molecule is CCC1(CNCc2ccc(Cl)c(Cl)c2)CC1. The normalized spacial score (nSPS) is 17.4. The summed E-state index contributed by atoms with van der Waals surface area (Å²) < 4.78 is 0. The van der Waals surface area contributed by atoms with Crippen molar-refractivity contribution in [2.24, 2.45) is 5.41 Å². The Bertz CT molecular complexity index is 372. The summed E-state index contributed by atoms with van der Waals surface area (Å²) >= 11 is 11.8. The van der Waals surface area contributed by atoms with Crippen LogP contribution in [0.4, 0.5) is 0 Å². The molecule has 0 radical (unpaired) electrons. The Morgan fingerprint density at radius 3 is 2.56 bits per heavy atom. The minimum Gasteiger partial charge on any atom is -0.312 e. The van der Waals surface area contributed by atoms with Crippen LogP contribution in [0.5, 0.6) is 0 Å². The highest BCUT2D eigenvalue weighted by Gasteiger charge is 2.39. The van der Waals surface area contributed by atoms with E-state index in [1.165, 1.54) is 24.8 Å². The molecule has 0 atom stereocenters. The predicted octanol–water partition coefficient (Wildman–Crippen LogP) is 4.27. The Morgan fingerprint density at radius 2 is 2.00 bits per heavy atom. The molecule has 0 heterocycles. The maximum Gasteiger partial charge on any atom is 0.0595 e. The van der Waals surface area contributed by atoms with Crippen molar-refractivity contribution in [3.05, 3.63) is 33.8 Å². The summed E-state index contributed by atoms with van der Waals surface area (Å²) in [5, 5.41) is 4.76. The summed E-state index contributed by atoms with van der Waals surface area (Å²) in [6, 6.07) is 5.81. The van der Waals surface area contributed by atoms with Crippen molar-refractivity contribution in [2.45, 2.75) is 32.7 Å². The van der Waals surface area contributed by atoms with Gasteiger partial charge < -0.3 is 5.32 Å². The van der Waals surface area contributed by atoms with Gasteiger partial charge in [0, 0.05) is 13.1 Å². The molecule has 1 saturated carbocycles. The van der Waals surface area contributed by atoms with E-state index in [-0.39, 0.29) is 0 Å². The number of hydrogen-bond acceptors (Lipinski definition) is 1. The van der Waals surface area contributed by atoms with E-state index in [0.29, 0.717) is 15.5 Å². The second-order valence-electron chi connectivity index (χ2n) is 4.71. The molecule has 1 aliphatic rings. The van der Waals surface area contributed by atoms with Crippen LogP contribution in [-0.4, -0.2) is 6.54 Å². The third-order valence-corrected chi connectivity index (χ3v) is 4.26. The zero-order valence-electron chi connectivity index (χ0n) is 9.52. The number of rotatable bonds is 5. The van der Waals surface area contributed by atoms with E-state index in [0.717, 1.165) is 13.1 Å². The molecule has 0 aromatic heterocycles. The highest BCUT2D eigenvalue weighted by molar-refractivity contribution is 6.42. The first kappa shape index (κ1) is 12.2. The molecule has 0 saturated heterocycles. The van der Waals surface area contributed by atoms with Gasteiger partial charge in [0.05, 0.1) is 10.0 Å². The fraction of sp³-hybridized carbons (Fsp3) is 0.538. The minimum absolute atomic E-state index is 0.593. The van der Waals surface area contributed by atoms with Crippen LogP contribution in [0.15, 0.2) is 18.2 Å². The van der Waals surface area contributed by atoms with Crippen LogP contribution in [0, 0.1) is 5.41 Å². The van der Waals surface area contributed by atoms with Crippen molar-refractivity contribution in [1.82, 2.24) is 5.32 Å². The Balaban J connectivity index is 1.83. The number of halogens is 2. The largest absolute Gasteiger partial charge is 0.312 e. The van der Waals surface area contributed by atoms with Gasteiger partial charge in [0.15, 0.2) is 0 Å². The molecule has 88 valence electrons. The molecule has 0 spiro atoms.